The molecule has 1 N–H and O–H groups in total. The number of ether oxygens (including phenoxy) is 1. The molecule has 3 nitrogen and oxygen atoms in total. The van der Waals surface area contributed by atoms with Crippen LogP contribution in [0, 0.1) is 0 Å². The molecule has 1 aliphatic carbocycles. The van der Waals surface area contributed by atoms with Gasteiger partial charge in [0.2, 0.25) is 0 Å². The number of esters is 1. The molecule has 1 fully saturated rings. The van der Waals surface area contributed by atoms with Gasteiger partial charge < -0.3 is 10.1 Å². The van der Waals surface area contributed by atoms with Crippen LogP contribution in [0.5, 0.6) is 0 Å². The number of carbonyl (C=O) groups excluding carboxylic acids is 1. The molecule has 1 saturated heterocycles. The minimum absolute atomic E-state index is 0.131. The zero-order chi connectivity index (χ0) is 20.8. The van der Waals surface area contributed by atoms with Crippen LogP contribution in [0.15, 0.2) is 72.8 Å². The van der Waals surface area contributed by atoms with Gasteiger partial charge in [-0.1, -0.05) is 74.5 Å². The number of fused-ring (bicyclic) bond motifs is 3. The van der Waals surface area contributed by atoms with Crippen LogP contribution in [-0.2, 0) is 15.8 Å². The highest BCUT2D eigenvalue weighted by molar-refractivity contribution is 5.92. The predicted molar refractivity (Wildman–Crippen MR) is 120 cm³/mol. The third-order valence-corrected chi connectivity index (χ3v) is 6.82. The lowest BCUT2D eigenvalue weighted by molar-refractivity contribution is -0.0378. The molecule has 0 spiro atoms. The van der Waals surface area contributed by atoms with Gasteiger partial charge in [-0.2, -0.15) is 0 Å². The molecular weight excluding hydrogens is 370 g/mol. The molecule has 1 aliphatic heterocycles. The topological polar surface area (TPSA) is 38.3 Å². The zero-order valence-corrected chi connectivity index (χ0v) is 17.6. The van der Waals surface area contributed by atoms with Crippen molar-refractivity contribution in [2.75, 3.05) is 13.1 Å². The van der Waals surface area contributed by atoms with E-state index in [9.17, 15) is 4.79 Å². The standard InChI is InChI=1S/C27H27NO2/c1-26(2)23-11-7-6-10-21(23)22-13-12-19(18-24(22)26)25(29)30-27(14-16-28-17-15-27)20-8-4-3-5-9-20/h3-13,18,28H,14-17H2,1-2H3. The molecule has 3 aromatic rings. The first-order valence-electron chi connectivity index (χ1n) is 10.8. The molecule has 5 rings (SSSR count). The Morgan fingerprint density at radius 1 is 0.833 bits per heavy atom. The van der Waals surface area contributed by atoms with E-state index in [1.165, 1.54) is 22.3 Å². The van der Waals surface area contributed by atoms with Crippen molar-refractivity contribution >= 4 is 5.97 Å². The van der Waals surface area contributed by atoms with Crippen molar-refractivity contribution in [3.63, 3.8) is 0 Å². The lowest BCUT2D eigenvalue weighted by Crippen LogP contribution is -2.43. The van der Waals surface area contributed by atoms with Gasteiger partial charge in [-0.15, -0.1) is 0 Å². The van der Waals surface area contributed by atoms with Crippen molar-refractivity contribution in [3.05, 3.63) is 95.1 Å². The Bertz CT molecular complexity index is 1090. The molecule has 0 aromatic heterocycles. The molecule has 0 radical (unpaired) electrons. The highest BCUT2D eigenvalue weighted by Crippen LogP contribution is 2.48. The van der Waals surface area contributed by atoms with E-state index in [0.717, 1.165) is 31.5 Å². The molecule has 0 saturated carbocycles. The number of benzene rings is 3. The van der Waals surface area contributed by atoms with Crippen LogP contribution in [0.1, 0.15) is 53.7 Å². The summed E-state index contributed by atoms with van der Waals surface area (Å²) >= 11 is 0. The number of hydrogen-bond donors (Lipinski definition) is 1. The van der Waals surface area contributed by atoms with Gasteiger partial charge in [0.05, 0.1) is 5.56 Å². The predicted octanol–water partition coefficient (Wildman–Crippen LogP) is 5.43. The lowest BCUT2D eigenvalue weighted by atomic mass is 9.82. The van der Waals surface area contributed by atoms with Crippen LogP contribution in [-0.4, -0.2) is 19.1 Å². The maximum Gasteiger partial charge on any atom is 0.339 e. The Hall–Kier alpha value is -2.91. The quantitative estimate of drug-likeness (QED) is 0.599. The normalized spacial score (nSPS) is 18.3. The minimum Gasteiger partial charge on any atom is -0.450 e. The average molecular weight is 398 g/mol. The summed E-state index contributed by atoms with van der Waals surface area (Å²) in [6.45, 7) is 6.14. The first-order valence-corrected chi connectivity index (χ1v) is 10.8. The molecule has 2 aliphatic rings. The molecule has 3 aromatic carbocycles. The van der Waals surface area contributed by atoms with Gasteiger partial charge in [-0.25, -0.2) is 4.79 Å². The van der Waals surface area contributed by atoms with E-state index in [-0.39, 0.29) is 11.4 Å². The number of piperidine rings is 1. The monoisotopic (exact) mass is 397 g/mol. The van der Waals surface area contributed by atoms with Gasteiger partial charge in [0.1, 0.15) is 5.60 Å². The largest absolute Gasteiger partial charge is 0.450 e. The Morgan fingerprint density at radius 3 is 2.27 bits per heavy atom. The lowest BCUT2D eigenvalue weighted by Gasteiger charge is -2.37. The Morgan fingerprint density at radius 2 is 1.50 bits per heavy atom. The molecule has 152 valence electrons. The third kappa shape index (κ3) is 2.96. The SMILES string of the molecule is CC1(C)c2ccccc2-c2ccc(C(=O)OC3(c4ccccc4)CCNCC3)cc21. The summed E-state index contributed by atoms with van der Waals surface area (Å²) in [4.78, 5) is 13.3. The molecule has 30 heavy (non-hydrogen) atoms. The van der Waals surface area contributed by atoms with E-state index in [4.69, 9.17) is 4.74 Å². The van der Waals surface area contributed by atoms with Crippen LogP contribution >= 0.6 is 0 Å². The minimum atomic E-state index is -0.568. The van der Waals surface area contributed by atoms with Gasteiger partial charge in [-0.3, -0.25) is 0 Å². The van der Waals surface area contributed by atoms with Gasteiger partial charge in [0, 0.05) is 18.3 Å². The fourth-order valence-corrected chi connectivity index (χ4v) is 5.09. The second kappa shape index (κ2) is 7.10. The summed E-state index contributed by atoms with van der Waals surface area (Å²) in [6, 6.07) is 24.7. The van der Waals surface area contributed by atoms with Crippen LogP contribution < -0.4 is 5.32 Å². The van der Waals surface area contributed by atoms with E-state index in [1.54, 1.807) is 0 Å². The van der Waals surface area contributed by atoms with Crippen molar-refractivity contribution in [3.8, 4) is 11.1 Å². The molecule has 1 heterocycles. The summed E-state index contributed by atoms with van der Waals surface area (Å²) in [5.74, 6) is -0.240. The van der Waals surface area contributed by atoms with Crippen molar-refractivity contribution in [2.24, 2.45) is 0 Å². The average Bonchev–Trinajstić information content (AvgIpc) is 3.02. The first kappa shape index (κ1) is 19.1. The Balaban J connectivity index is 1.50. The zero-order valence-electron chi connectivity index (χ0n) is 17.6. The Labute approximate surface area is 178 Å². The van der Waals surface area contributed by atoms with Crippen molar-refractivity contribution in [1.82, 2.24) is 5.32 Å². The highest BCUT2D eigenvalue weighted by atomic mass is 16.6. The molecule has 0 amide bonds. The van der Waals surface area contributed by atoms with E-state index >= 15 is 0 Å². The maximum absolute atomic E-state index is 13.3. The first-order chi connectivity index (χ1) is 14.5. The summed E-state index contributed by atoms with van der Waals surface area (Å²) in [6.07, 6.45) is 1.56. The second-order valence-electron chi connectivity index (χ2n) is 8.93. The van der Waals surface area contributed by atoms with Gasteiger partial charge >= 0.3 is 5.97 Å². The fraction of sp³-hybridized carbons (Fsp3) is 0.296. The number of nitrogens with one attached hydrogen (secondary N) is 1. The van der Waals surface area contributed by atoms with Gasteiger partial charge in [0.25, 0.3) is 0 Å². The van der Waals surface area contributed by atoms with Crippen LogP contribution in [0.2, 0.25) is 0 Å². The molecule has 0 bridgehead atoms. The third-order valence-electron chi connectivity index (χ3n) is 6.82. The van der Waals surface area contributed by atoms with E-state index < -0.39 is 5.60 Å². The number of carbonyl (C=O) groups is 1. The highest BCUT2D eigenvalue weighted by Gasteiger charge is 2.39. The number of hydrogen-bond acceptors (Lipinski definition) is 3. The molecular formula is C27H27NO2. The summed E-state index contributed by atoms with van der Waals surface area (Å²) < 4.78 is 6.28. The van der Waals surface area contributed by atoms with Gasteiger partial charge in [-0.05, 0) is 53.0 Å². The molecule has 3 heteroatoms. The summed E-state index contributed by atoms with van der Waals surface area (Å²) in [7, 11) is 0. The molecule has 0 atom stereocenters. The summed E-state index contributed by atoms with van der Waals surface area (Å²) in [5.41, 5.74) is 5.98. The van der Waals surface area contributed by atoms with Crippen molar-refractivity contribution in [1.29, 1.82) is 0 Å². The van der Waals surface area contributed by atoms with E-state index in [2.05, 4.69) is 61.6 Å². The van der Waals surface area contributed by atoms with E-state index in [0.29, 0.717) is 5.56 Å². The maximum atomic E-state index is 13.3. The van der Waals surface area contributed by atoms with Crippen molar-refractivity contribution in [2.45, 2.75) is 37.7 Å². The van der Waals surface area contributed by atoms with Crippen LogP contribution in [0.3, 0.4) is 0 Å². The van der Waals surface area contributed by atoms with Crippen molar-refractivity contribution < 1.29 is 9.53 Å². The van der Waals surface area contributed by atoms with Gasteiger partial charge in [0.15, 0.2) is 0 Å². The summed E-state index contributed by atoms with van der Waals surface area (Å²) in [5, 5.41) is 3.39. The van der Waals surface area contributed by atoms with E-state index in [1.807, 2.05) is 30.3 Å². The fourth-order valence-electron chi connectivity index (χ4n) is 5.09. The second-order valence-corrected chi connectivity index (χ2v) is 8.93. The smallest absolute Gasteiger partial charge is 0.339 e. The van der Waals surface area contributed by atoms with Crippen LogP contribution in [0.25, 0.3) is 11.1 Å². The Kier molecular flexibility index (Phi) is 4.52. The van der Waals surface area contributed by atoms with Crippen LogP contribution in [0.4, 0.5) is 0 Å². The molecule has 0 unspecified atom stereocenters. The number of rotatable bonds is 3.